The maximum atomic E-state index is 5.40. The number of halogens is 1. The van der Waals surface area contributed by atoms with E-state index in [-0.39, 0.29) is 0 Å². The van der Waals surface area contributed by atoms with E-state index < -0.39 is 0 Å². The molecule has 2 aromatic rings. The molecule has 0 amide bonds. The largest absolute Gasteiger partial charge is 0.324 e. The van der Waals surface area contributed by atoms with Gasteiger partial charge in [-0.05, 0) is 28.1 Å². The van der Waals surface area contributed by atoms with Crippen LogP contribution in [0.3, 0.4) is 0 Å². The lowest BCUT2D eigenvalue weighted by atomic mass is 10.3. The standard InChI is InChI=1S/C8H7BrN4/c9-5-2-1-3-6-8(5)13-12-7(4-10)11-6/h1-3H,4,10H2. The minimum absolute atomic E-state index is 0.315. The van der Waals surface area contributed by atoms with Crippen LogP contribution in [0.4, 0.5) is 0 Å². The fourth-order valence-corrected chi connectivity index (χ4v) is 1.48. The zero-order chi connectivity index (χ0) is 9.26. The first-order chi connectivity index (χ1) is 6.31. The van der Waals surface area contributed by atoms with Crippen LogP contribution in [0.2, 0.25) is 0 Å². The van der Waals surface area contributed by atoms with Gasteiger partial charge in [-0.2, -0.15) is 0 Å². The highest BCUT2D eigenvalue weighted by molar-refractivity contribution is 9.10. The molecule has 13 heavy (non-hydrogen) atoms. The quantitative estimate of drug-likeness (QED) is 0.813. The summed E-state index contributed by atoms with van der Waals surface area (Å²) in [5.74, 6) is 0.561. The van der Waals surface area contributed by atoms with E-state index in [1.165, 1.54) is 0 Å². The third-order valence-electron chi connectivity index (χ3n) is 1.66. The molecule has 0 saturated carbocycles. The highest BCUT2D eigenvalue weighted by atomic mass is 79.9. The molecular weight excluding hydrogens is 232 g/mol. The Morgan fingerprint density at radius 3 is 2.92 bits per heavy atom. The predicted molar refractivity (Wildman–Crippen MR) is 52.9 cm³/mol. The van der Waals surface area contributed by atoms with E-state index in [9.17, 15) is 0 Å². The highest BCUT2D eigenvalue weighted by Crippen LogP contribution is 2.18. The van der Waals surface area contributed by atoms with Gasteiger partial charge in [0.25, 0.3) is 0 Å². The van der Waals surface area contributed by atoms with Crippen molar-refractivity contribution in [3.63, 3.8) is 0 Å². The molecule has 0 radical (unpaired) electrons. The molecule has 0 aliphatic carbocycles. The summed E-state index contributed by atoms with van der Waals surface area (Å²) < 4.78 is 0.897. The van der Waals surface area contributed by atoms with Crippen LogP contribution in [-0.2, 0) is 6.54 Å². The Morgan fingerprint density at radius 2 is 2.15 bits per heavy atom. The molecule has 0 aliphatic heterocycles. The fourth-order valence-electron chi connectivity index (χ4n) is 1.05. The van der Waals surface area contributed by atoms with Crippen LogP contribution in [0, 0.1) is 0 Å². The summed E-state index contributed by atoms with van der Waals surface area (Å²) in [5, 5.41) is 7.88. The lowest BCUT2D eigenvalue weighted by molar-refractivity contribution is 0.858. The van der Waals surface area contributed by atoms with E-state index in [0.29, 0.717) is 12.4 Å². The van der Waals surface area contributed by atoms with Gasteiger partial charge in [-0.3, -0.25) is 0 Å². The topological polar surface area (TPSA) is 64.7 Å². The first-order valence-corrected chi connectivity index (χ1v) is 4.58. The Labute approximate surface area is 83.3 Å². The molecular formula is C8H7BrN4. The Morgan fingerprint density at radius 1 is 1.31 bits per heavy atom. The van der Waals surface area contributed by atoms with Gasteiger partial charge in [-0.15, -0.1) is 10.2 Å². The second kappa shape index (κ2) is 3.35. The van der Waals surface area contributed by atoms with Crippen molar-refractivity contribution in [2.24, 2.45) is 5.73 Å². The summed E-state index contributed by atoms with van der Waals surface area (Å²) >= 11 is 3.37. The van der Waals surface area contributed by atoms with Crippen molar-refractivity contribution in [2.75, 3.05) is 0 Å². The summed E-state index contributed by atoms with van der Waals surface area (Å²) in [4.78, 5) is 4.23. The van der Waals surface area contributed by atoms with Crippen LogP contribution in [-0.4, -0.2) is 15.2 Å². The number of benzene rings is 1. The van der Waals surface area contributed by atoms with Crippen LogP contribution in [0.5, 0.6) is 0 Å². The summed E-state index contributed by atoms with van der Waals surface area (Å²) in [6.45, 7) is 0.315. The van der Waals surface area contributed by atoms with E-state index in [4.69, 9.17) is 5.73 Å². The molecule has 4 nitrogen and oxygen atoms in total. The second-order valence-corrected chi connectivity index (χ2v) is 3.39. The van der Waals surface area contributed by atoms with E-state index in [1.807, 2.05) is 18.2 Å². The van der Waals surface area contributed by atoms with Crippen LogP contribution in [0.25, 0.3) is 11.0 Å². The smallest absolute Gasteiger partial charge is 0.165 e. The van der Waals surface area contributed by atoms with Crippen LogP contribution >= 0.6 is 15.9 Å². The summed E-state index contributed by atoms with van der Waals surface area (Å²) in [7, 11) is 0. The lowest BCUT2D eigenvalue weighted by Gasteiger charge is -1.99. The number of hydrogen-bond acceptors (Lipinski definition) is 4. The average Bonchev–Trinajstić information content (AvgIpc) is 2.18. The van der Waals surface area contributed by atoms with Crippen molar-refractivity contribution >= 4 is 27.0 Å². The van der Waals surface area contributed by atoms with Crippen LogP contribution < -0.4 is 5.73 Å². The Hall–Kier alpha value is -1.07. The first-order valence-electron chi connectivity index (χ1n) is 3.79. The molecule has 0 bridgehead atoms. The lowest BCUT2D eigenvalue weighted by Crippen LogP contribution is -2.04. The molecule has 5 heteroatoms. The van der Waals surface area contributed by atoms with Gasteiger partial charge in [0.15, 0.2) is 5.82 Å². The van der Waals surface area contributed by atoms with Gasteiger partial charge in [0.1, 0.15) is 5.52 Å². The van der Waals surface area contributed by atoms with Crippen molar-refractivity contribution in [2.45, 2.75) is 6.54 Å². The minimum atomic E-state index is 0.315. The monoisotopic (exact) mass is 238 g/mol. The number of hydrogen-bond donors (Lipinski definition) is 1. The van der Waals surface area contributed by atoms with Crippen LogP contribution in [0.15, 0.2) is 22.7 Å². The van der Waals surface area contributed by atoms with E-state index in [0.717, 1.165) is 15.5 Å². The third-order valence-corrected chi connectivity index (χ3v) is 2.30. The maximum Gasteiger partial charge on any atom is 0.165 e. The van der Waals surface area contributed by atoms with Gasteiger partial charge in [0, 0.05) is 4.47 Å². The van der Waals surface area contributed by atoms with Gasteiger partial charge in [0.2, 0.25) is 0 Å². The van der Waals surface area contributed by atoms with Crippen molar-refractivity contribution < 1.29 is 0 Å². The predicted octanol–water partition coefficient (Wildman–Crippen LogP) is 1.25. The number of nitrogens with zero attached hydrogens (tertiary/aromatic N) is 3. The maximum absolute atomic E-state index is 5.40. The van der Waals surface area contributed by atoms with Crippen molar-refractivity contribution in [1.82, 2.24) is 15.2 Å². The van der Waals surface area contributed by atoms with E-state index in [1.54, 1.807) is 0 Å². The van der Waals surface area contributed by atoms with Crippen molar-refractivity contribution in [1.29, 1.82) is 0 Å². The molecule has 1 heterocycles. The third kappa shape index (κ3) is 1.52. The minimum Gasteiger partial charge on any atom is -0.324 e. The number of rotatable bonds is 1. The molecule has 2 rings (SSSR count). The zero-order valence-electron chi connectivity index (χ0n) is 6.74. The Balaban J connectivity index is 2.72. The van der Waals surface area contributed by atoms with Crippen molar-refractivity contribution in [3.8, 4) is 0 Å². The fraction of sp³-hybridized carbons (Fsp3) is 0.125. The van der Waals surface area contributed by atoms with E-state index >= 15 is 0 Å². The van der Waals surface area contributed by atoms with Gasteiger partial charge in [-0.25, -0.2) is 4.98 Å². The summed E-state index contributed by atoms with van der Waals surface area (Å²) in [6.07, 6.45) is 0. The van der Waals surface area contributed by atoms with Gasteiger partial charge in [0.05, 0.1) is 12.1 Å². The number of nitrogens with two attached hydrogens (primary N) is 1. The summed E-state index contributed by atoms with van der Waals surface area (Å²) in [5.41, 5.74) is 6.98. The average molecular weight is 239 g/mol. The van der Waals surface area contributed by atoms with Gasteiger partial charge in [-0.1, -0.05) is 6.07 Å². The molecule has 0 unspecified atom stereocenters. The molecule has 66 valence electrons. The summed E-state index contributed by atoms with van der Waals surface area (Å²) in [6, 6.07) is 5.69. The van der Waals surface area contributed by atoms with Gasteiger partial charge < -0.3 is 5.73 Å². The normalized spacial score (nSPS) is 10.6. The SMILES string of the molecule is NCc1nnc2c(Br)cccc2n1. The molecule has 0 aliphatic rings. The van der Waals surface area contributed by atoms with Crippen LogP contribution in [0.1, 0.15) is 5.82 Å². The Bertz CT molecular complexity index is 443. The molecule has 0 spiro atoms. The van der Waals surface area contributed by atoms with Crippen molar-refractivity contribution in [3.05, 3.63) is 28.5 Å². The first kappa shape index (κ1) is 8.52. The molecule has 1 aromatic carbocycles. The zero-order valence-corrected chi connectivity index (χ0v) is 8.32. The molecule has 2 N–H and O–H groups in total. The second-order valence-electron chi connectivity index (χ2n) is 2.54. The van der Waals surface area contributed by atoms with Gasteiger partial charge >= 0.3 is 0 Å². The number of fused-ring (bicyclic) bond motifs is 1. The van der Waals surface area contributed by atoms with E-state index in [2.05, 4.69) is 31.1 Å². The molecule has 0 fully saturated rings. The molecule has 0 saturated heterocycles. The number of aromatic nitrogens is 3. The molecule has 0 atom stereocenters. The Kier molecular flexibility index (Phi) is 2.20. The highest BCUT2D eigenvalue weighted by Gasteiger charge is 2.02. The molecule has 1 aromatic heterocycles.